The van der Waals surface area contributed by atoms with Crippen LogP contribution in [0.4, 0.5) is 0 Å². The average Bonchev–Trinajstić information content (AvgIpc) is 2.65. The van der Waals surface area contributed by atoms with Gasteiger partial charge in [-0.2, -0.15) is 0 Å². The SMILES string of the molecule is CCCC[C@H](C(=O)OC)[C@@H](NCc1ccccc1)c1ccccc1. The quantitative estimate of drug-likeness (QED) is 0.690. The number of nitrogens with one attached hydrogen (secondary N) is 1. The van der Waals surface area contributed by atoms with Crippen LogP contribution in [0.25, 0.3) is 0 Å². The van der Waals surface area contributed by atoms with E-state index in [2.05, 4.69) is 36.5 Å². The van der Waals surface area contributed by atoms with E-state index in [1.807, 2.05) is 36.4 Å². The molecule has 0 aliphatic carbocycles. The molecule has 0 unspecified atom stereocenters. The minimum Gasteiger partial charge on any atom is -0.469 e. The van der Waals surface area contributed by atoms with Crippen molar-refractivity contribution in [2.24, 2.45) is 5.92 Å². The minimum absolute atomic E-state index is 0.0505. The van der Waals surface area contributed by atoms with Crippen LogP contribution < -0.4 is 5.32 Å². The third kappa shape index (κ3) is 5.20. The predicted octanol–water partition coefficient (Wildman–Crippen LogP) is 4.50. The van der Waals surface area contributed by atoms with Crippen LogP contribution in [0, 0.1) is 5.92 Å². The molecule has 0 amide bonds. The molecule has 2 rings (SSSR count). The first kappa shape index (κ1) is 18.2. The van der Waals surface area contributed by atoms with Crippen LogP contribution in [0.2, 0.25) is 0 Å². The molecule has 24 heavy (non-hydrogen) atoms. The molecule has 1 N–H and O–H groups in total. The summed E-state index contributed by atoms with van der Waals surface area (Å²) in [5, 5.41) is 3.58. The summed E-state index contributed by atoms with van der Waals surface area (Å²) in [6, 6.07) is 20.4. The lowest BCUT2D eigenvalue weighted by Gasteiger charge is -2.27. The largest absolute Gasteiger partial charge is 0.469 e. The fourth-order valence-corrected chi connectivity index (χ4v) is 2.97. The number of carbonyl (C=O) groups is 1. The number of hydrogen-bond acceptors (Lipinski definition) is 3. The molecule has 2 aromatic rings. The Morgan fingerprint density at radius 3 is 2.25 bits per heavy atom. The highest BCUT2D eigenvalue weighted by Crippen LogP contribution is 2.28. The van der Waals surface area contributed by atoms with Crippen LogP contribution >= 0.6 is 0 Å². The van der Waals surface area contributed by atoms with Crippen molar-refractivity contribution < 1.29 is 9.53 Å². The summed E-state index contributed by atoms with van der Waals surface area (Å²) in [5.74, 6) is -0.320. The molecular formula is C21H27NO2. The van der Waals surface area contributed by atoms with E-state index in [-0.39, 0.29) is 17.9 Å². The molecule has 0 spiro atoms. The van der Waals surface area contributed by atoms with Crippen molar-refractivity contribution in [2.75, 3.05) is 7.11 Å². The van der Waals surface area contributed by atoms with Gasteiger partial charge in [-0.1, -0.05) is 80.4 Å². The molecule has 0 heterocycles. The van der Waals surface area contributed by atoms with E-state index in [0.717, 1.165) is 31.4 Å². The van der Waals surface area contributed by atoms with Crippen molar-refractivity contribution in [3.05, 3.63) is 71.8 Å². The number of unbranched alkanes of at least 4 members (excludes halogenated alkanes) is 1. The molecule has 3 nitrogen and oxygen atoms in total. The van der Waals surface area contributed by atoms with Gasteiger partial charge in [0.2, 0.25) is 0 Å². The number of rotatable bonds is 9. The summed E-state index contributed by atoms with van der Waals surface area (Å²) in [6.07, 6.45) is 2.90. The Morgan fingerprint density at radius 1 is 1.04 bits per heavy atom. The van der Waals surface area contributed by atoms with Crippen molar-refractivity contribution in [1.82, 2.24) is 5.32 Å². The van der Waals surface area contributed by atoms with Crippen molar-refractivity contribution >= 4 is 5.97 Å². The third-order valence-electron chi connectivity index (χ3n) is 4.30. The Balaban J connectivity index is 2.21. The Bertz CT molecular complexity index is 598. The summed E-state index contributed by atoms with van der Waals surface area (Å²) >= 11 is 0. The van der Waals surface area contributed by atoms with E-state index < -0.39 is 0 Å². The van der Waals surface area contributed by atoms with Crippen molar-refractivity contribution in [3.8, 4) is 0 Å². The maximum atomic E-state index is 12.4. The molecule has 2 atom stereocenters. The van der Waals surface area contributed by atoms with Gasteiger partial charge in [0.1, 0.15) is 0 Å². The molecule has 128 valence electrons. The van der Waals surface area contributed by atoms with Gasteiger partial charge < -0.3 is 10.1 Å². The van der Waals surface area contributed by atoms with Gasteiger partial charge in [-0.05, 0) is 17.5 Å². The maximum Gasteiger partial charge on any atom is 0.310 e. The second-order valence-corrected chi connectivity index (χ2v) is 6.03. The highest BCUT2D eigenvalue weighted by atomic mass is 16.5. The standard InChI is InChI=1S/C21H27NO2/c1-3-4-15-19(21(23)24-2)20(18-13-9-6-10-14-18)22-16-17-11-7-5-8-12-17/h5-14,19-20,22H,3-4,15-16H2,1-2H3/t19-,20-/m0/s1. The fraction of sp³-hybridized carbons (Fsp3) is 0.381. The summed E-state index contributed by atoms with van der Waals surface area (Å²) in [6.45, 7) is 2.86. The number of methoxy groups -OCH3 is 1. The van der Waals surface area contributed by atoms with Gasteiger partial charge in [-0.25, -0.2) is 0 Å². The molecule has 0 bridgehead atoms. The Kier molecular flexibility index (Phi) is 7.50. The highest BCUT2D eigenvalue weighted by molar-refractivity contribution is 5.73. The van der Waals surface area contributed by atoms with Crippen molar-refractivity contribution in [2.45, 2.75) is 38.8 Å². The van der Waals surface area contributed by atoms with Gasteiger partial charge in [0.15, 0.2) is 0 Å². The number of carbonyl (C=O) groups excluding carboxylic acids is 1. The van der Waals surface area contributed by atoms with Crippen LogP contribution in [0.5, 0.6) is 0 Å². The van der Waals surface area contributed by atoms with Gasteiger partial charge in [-0.15, -0.1) is 0 Å². The van der Waals surface area contributed by atoms with Crippen molar-refractivity contribution in [3.63, 3.8) is 0 Å². The first-order valence-electron chi connectivity index (χ1n) is 8.66. The van der Waals surface area contributed by atoms with Gasteiger partial charge in [0.05, 0.1) is 13.0 Å². The van der Waals surface area contributed by atoms with Crippen molar-refractivity contribution in [1.29, 1.82) is 0 Å². The van der Waals surface area contributed by atoms with Crippen LogP contribution in [-0.4, -0.2) is 13.1 Å². The van der Waals surface area contributed by atoms with Crippen LogP contribution in [0.1, 0.15) is 43.4 Å². The molecule has 3 heteroatoms. The zero-order chi connectivity index (χ0) is 17.2. The van der Waals surface area contributed by atoms with Gasteiger partial charge >= 0.3 is 5.97 Å². The lowest BCUT2D eigenvalue weighted by Crippen LogP contribution is -2.33. The van der Waals surface area contributed by atoms with Gasteiger partial charge in [0, 0.05) is 12.6 Å². The zero-order valence-electron chi connectivity index (χ0n) is 14.6. The molecule has 0 aliphatic heterocycles. The first-order chi connectivity index (χ1) is 11.8. The molecule has 0 aliphatic rings. The molecule has 0 aromatic heterocycles. The second-order valence-electron chi connectivity index (χ2n) is 6.03. The Hall–Kier alpha value is -2.13. The highest BCUT2D eigenvalue weighted by Gasteiger charge is 2.29. The van der Waals surface area contributed by atoms with Crippen LogP contribution in [0.15, 0.2) is 60.7 Å². The topological polar surface area (TPSA) is 38.3 Å². The molecule has 0 fully saturated rings. The van der Waals surface area contributed by atoms with E-state index in [1.54, 1.807) is 0 Å². The zero-order valence-corrected chi connectivity index (χ0v) is 14.6. The number of benzene rings is 2. The number of ether oxygens (including phenoxy) is 1. The monoisotopic (exact) mass is 325 g/mol. The summed E-state index contributed by atoms with van der Waals surface area (Å²) in [4.78, 5) is 12.4. The minimum atomic E-state index is -0.180. The fourth-order valence-electron chi connectivity index (χ4n) is 2.97. The third-order valence-corrected chi connectivity index (χ3v) is 4.30. The number of hydrogen-bond donors (Lipinski definition) is 1. The molecule has 0 saturated carbocycles. The number of esters is 1. The maximum absolute atomic E-state index is 12.4. The van der Waals surface area contributed by atoms with E-state index in [0.29, 0.717) is 0 Å². The molecule has 0 saturated heterocycles. The lowest BCUT2D eigenvalue weighted by molar-refractivity contribution is -0.147. The van der Waals surface area contributed by atoms with Gasteiger partial charge in [0.25, 0.3) is 0 Å². The molecule has 2 aromatic carbocycles. The second kappa shape index (κ2) is 9.89. The summed E-state index contributed by atoms with van der Waals surface area (Å²) in [5.41, 5.74) is 2.33. The van der Waals surface area contributed by atoms with E-state index in [1.165, 1.54) is 12.7 Å². The summed E-state index contributed by atoms with van der Waals surface area (Å²) < 4.78 is 5.08. The van der Waals surface area contributed by atoms with E-state index >= 15 is 0 Å². The molecule has 0 radical (unpaired) electrons. The van der Waals surface area contributed by atoms with Gasteiger partial charge in [-0.3, -0.25) is 4.79 Å². The predicted molar refractivity (Wildman–Crippen MR) is 97.5 cm³/mol. The van der Waals surface area contributed by atoms with Crippen LogP contribution in [0.3, 0.4) is 0 Å². The summed E-state index contributed by atoms with van der Waals surface area (Å²) in [7, 11) is 1.47. The van der Waals surface area contributed by atoms with E-state index in [9.17, 15) is 4.79 Å². The van der Waals surface area contributed by atoms with E-state index in [4.69, 9.17) is 4.74 Å². The lowest BCUT2D eigenvalue weighted by atomic mass is 9.88. The Labute approximate surface area is 145 Å². The normalized spacial score (nSPS) is 13.2. The smallest absolute Gasteiger partial charge is 0.310 e. The average molecular weight is 325 g/mol. The molecular weight excluding hydrogens is 298 g/mol. The van der Waals surface area contributed by atoms with Crippen LogP contribution in [-0.2, 0) is 16.1 Å². The first-order valence-corrected chi connectivity index (χ1v) is 8.66. The Morgan fingerprint density at radius 2 is 1.67 bits per heavy atom.